The highest BCUT2D eigenvalue weighted by molar-refractivity contribution is 6.03. The number of methoxy groups -OCH3 is 1. The SMILES string of the molecule is CO[C@H]1CNC[C@H]1N(c1ncc(C#N)cn1)c1c(C(N)=O)cnn2cc(-c3ccc(C(=O)NC4CC4)cc3)cc12. The number of nitrogens with zero attached hydrogens (tertiary/aromatic N) is 6. The Bertz CT molecular complexity index is 1620. The van der Waals surface area contributed by atoms with Gasteiger partial charge in [0, 0.05) is 43.6 Å². The van der Waals surface area contributed by atoms with Crippen LogP contribution < -0.4 is 21.3 Å². The topological polar surface area (TPSA) is 164 Å². The number of fused-ring (bicyclic) bond motifs is 1. The Morgan fingerprint density at radius 3 is 2.55 bits per heavy atom. The summed E-state index contributed by atoms with van der Waals surface area (Å²) in [6, 6.07) is 11.3. The molecule has 0 unspecified atom stereocenters. The minimum Gasteiger partial charge on any atom is -0.378 e. The van der Waals surface area contributed by atoms with Gasteiger partial charge in [-0.05, 0) is 36.6 Å². The molecule has 0 bridgehead atoms. The van der Waals surface area contributed by atoms with E-state index in [1.165, 1.54) is 18.6 Å². The van der Waals surface area contributed by atoms with Crippen molar-refractivity contribution in [3.63, 3.8) is 0 Å². The number of aromatic nitrogens is 4. The fraction of sp³-hybridized carbons (Fsp3) is 0.286. The molecular formula is C28H27N9O3. The van der Waals surface area contributed by atoms with Crippen molar-refractivity contribution in [1.82, 2.24) is 30.2 Å². The van der Waals surface area contributed by atoms with Crippen molar-refractivity contribution in [2.45, 2.75) is 31.0 Å². The predicted molar refractivity (Wildman–Crippen MR) is 146 cm³/mol. The largest absolute Gasteiger partial charge is 0.378 e. The average molecular weight is 538 g/mol. The van der Waals surface area contributed by atoms with Gasteiger partial charge in [-0.1, -0.05) is 12.1 Å². The van der Waals surface area contributed by atoms with Gasteiger partial charge in [0.1, 0.15) is 6.07 Å². The van der Waals surface area contributed by atoms with Crippen molar-refractivity contribution < 1.29 is 14.3 Å². The zero-order chi connectivity index (χ0) is 27.8. The maximum Gasteiger partial charge on any atom is 0.252 e. The van der Waals surface area contributed by atoms with E-state index in [1.54, 1.807) is 23.8 Å². The normalized spacial score (nSPS) is 18.4. The Kier molecular flexibility index (Phi) is 6.59. The number of anilines is 2. The number of benzene rings is 1. The number of nitrogens with one attached hydrogen (secondary N) is 2. The molecule has 6 rings (SSSR count). The maximum atomic E-state index is 12.7. The lowest BCUT2D eigenvalue weighted by molar-refractivity contribution is 0.0949. The molecule has 0 radical (unpaired) electrons. The highest BCUT2D eigenvalue weighted by atomic mass is 16.5. The van der Waals surface area contributed by atoms with Crippen molar-refractivity contribution >= 4 is 29.0 Å². The molecule has 4 aromatic rings. The minimum atomic E-state index is -0.655. The van der Waals surface area contributed by atoms with E-state index in [9.17, 15) is 14.9 Å². The van der Waals surface area contributed by atoms with Crippen molar-refractivity contribution in [1.29, 1.82) is 5.26 Å². The molecule has 2 aliphatic rings. The second-order valence-electron chi connectivity index (χ2n) is 9.91. The molecular weight excluding hydrogens is 510 g/mol. The van der Waals surface area contributed by atoms with E-state index < -0.39 is 5.91 Å². The summed E-state index contributed by atoms with van der Waals surface area (Å²) in [5.41, 5.74) is 9.74. The van der Waals surface area contributed by atoms with Gasteiger partial charge in [0.05, 0.1) is 53.1 Å². The molecule has 4 N–H and O–H groups in total. The number of hydrogen-bond donors (Lipinski definition) is 3. The Balaban J connectivity index is 1.47. The third kappa shape index (κ3) is 4.72. The highest BCUT2D eigenvalue weighted by Crippen LogP contribution is 2.37. The van der Waals surface area contributed by atoms with Gasteiger partial charge in [-0.25, -0.2) is 14.5 Å². The Hall–Kier alpha value is -4.86. The van der Waals surface area contributed by atoms with Crippen LogP contribution in [0.25, 0.3) is 16.6 Å². The van der Waals surface area contributed by atoms with Crippen LogP contribution >= 0.6 is 0 Å². The summed E-state index contributed by atoms with van der Waals surface area (Å²) in [6.45, 7) is 1.13. The smallest absolute Gasteiger partial charge is 0.252 e. The molecule has 1 saturated heterocycles. The summed E-state index contributed by atoms with van der Waals surface area (Å²) in [5, 5.41) is 20.0. The summed E-state index contributed by atoms with van der Waals surface area (Å²) < 4.78 is 7.43. The highest BCUT2D eigenvalue weighted by Gasteiger charge is 2.37. The molecule has 1 saturated carbocycles. The van der Waals surface area contributed by atoms with Crippen LogP contribution in [0.1, 0.15) is 39.1 Å². The van der Waals surface area contributed by atoms with Crippen LogP contribution in [-0.2, 0) is 4.74 Å². The molecule has 2 atom stereocenters. The van der Waals surface area contributed by atoms with Crippen molar-refractivity contribution in [3.05, 3.63) is 71.8 Å². The predicted octanol–water partition coefficient (Wildman–Crippen LogP) is 1.78. The lowest BCUT2D eigenvalue weighted by Gasteiger charge is -2.33. The number of hydrogen-bond acceptors (Lipinski definition) is 9. The number of ether oxygens (including phenoxy) is 1. The lowest BCUT2D eigenvalue weighted by atomic mass is 10.1. The summed E-state index contributed by atoms with van der Waals surface area (Å²) in [5.74, 6) is -0.446. The maximum absolute atomic E-state index is 12.7. The number of primary amides is 1. The standard InChI is InChI=1S/C28H27N9O3/c1-40-24-14-31-13-23(24)37(28-32-10-16(9-29)11-33-28)25-21(26(30)38)12-34-36-15-19(8-22(25)36)17-2-4-18(5-3-17)27(39)35-20-6-7-20/h2-5,8,10-12,15,20,23-24,31H,6-7,13-14H2,1H3,(H2,30,38)(H,35,39)/t23-,24+/m1/s1. The molecule has 12 nitrogen and oxygen atoms in total. The molecule has 2 amide bonds. The Labute approximate surface area is 229 Å². The van der Waals surface area contributed by atoms with E-state index in [4.69, 9.17) is 10.5 Å². The summed E-state index contributed by atoms with van der Waals surface area (Å²) >= 11 is 0. The second kappa shape index (κ2) is 10.4. The van der Waals surface area contributed by atoms with Crippen LogP contribution in [0.5, 0.6) is 0 Å². The monoisotopic (exact) mass is 537 g/mol. The van der Waals surface area contributed by atoms with Crippen molar-refractivity contribution in [3.8, 4) is 17.2 Å². The number of nitriles is 1. The Morgan fingerprint density at radius 2 is 1.90 bits per heavy atom. The molecule has 202 valence electrons. The minimum absolute atomic E-state index is 0.0814. The number of amides is 2. The molecule has 0 spiro atoms. The van der Waals surface area contributed by atoms with Gasteiger partial charge < -0.3 is 26.0 Å². The van der Waals surface area contributed by atoms with E-state index in [0.29, 0.717) is 41.4 Å². The van der Waals surface area contributed by atoms with Gasteiger partial charge in [-0.15, -0.1) is 0 Å². The molecule has 40 heavy (non-hydrogen) atoms. The summed E-state index contributed by atoms with van der Waals surface area (Å²) in [6.07, 6.45) is 7.96. The van der Waals surface area contributed by atoms with Crippen LogP contribution in [0.15, 0.2) is 55.1 Å². The molecule has 2 fully saturated rings. The molecule has 12 heteroatoms. The molecule has 1 aliphatic carbocycles. The van der Waals surface area contributed by atoms with Crippen LogP contribution in [0.2, 0.25) is 0 Å². The number of carbonyl (C=O) groups excluding carboxylic acids is 2. The third-order valence-corrected chi connectivity index (χ3v) is 7.25. The molecule has 4 heterocycles. The van der Waals surface area contributed by atoms with E-state index >= 15 is 0 Å². The quantitative estimate of drug-likeness (QED) is 0.304. The van der Waals surface area contributed by atoms with Gasteiger partial charge in [0.2, 0.25) is 5.95 Å². The van der Waals surface area contributed by atoms with Crippen molar-refractivity contribution in [2.75, 3.05) is 25.1 Å². The van der Waals surface area contributed by atoms with Crippen LogP contribution in [0, 0.1) is 11.3 Å². The fourth-order valence-electron chi connectivity index (χ4n) is 5.00. The van der Waals surface area contributed by atoms with Crippen molar-refractivity contribution in [2.24, 2.45) is 5.73 Å². The Morgan fingerprint density at radius 1 is 1.15 bits per heavy atom. The van der Waals surface area contributed by atoms with Gasteiger partial charge in [0.25, 0.3) is 11.8 Å². The number of rotatable bonds is 8. The van der Waals surface area contributed by atoms with E-state index in [0.717, 1.165) is 24.0 Å². The first kappa shape index (κ1) is 25.4. The number of carbonyl (C=O) groups is 2. The zero-order valence-corrected chi connectivity index (χ0v) is 21.7. The van der Waals surface area contributed by atoms with Crippen LogP contribution in [-0.4, -0.2) is 69.8 Å². The first-order chi connectivity index (χ1) is 19.5. The molecule has 1 aliphatic heterocycles. The molecule has 1 aromatic carbocycles. The van der Waals surface area contributed by atoms with Gasteiger partial charge >= 0.3 is 0 Å². The lowest BCUT2D eigenvalue weighted by Crippen LogP contribution is -2.43. The van der Waals surface area contributed by atoms with E-state index in [-0.39, 0.29) is 29.7 Å². The van der Waals surface area contributed by atoms with Crippen LogP contribution in [0.4, 0.5) is 11.6 Å². The first-order valence-electron chi connectivity index (χ1n) is 12.9. The number of nitrogens with two attached hydrogens (primary N) is 1. The van der Waals surface area contributed by atoms with Gasteiger partial charge in [0.15, 0.2) is 0 Å². The summed E-state index contributed by atoms with van der Waals surface area (Å²) in [4.78, 5) is 35.9. The third-order valence-electron chi connectivity index (χ3n) is 7.25. The van der Waals surface area contributed by atoms with E-state index in [2.05, 4.69) is 25.7 Å². The molecule has 3 aromatic heterocycles. The first-order valence-corrected chi connectivity index (χ1v) is 12.9. The second-order valence-corrected chi connectivity index (χ2v) is 9.91. The average Bonchev–Trinajstić information content (AvgIpc) is 3.48. The van der Waals surface area contributed by atoms with Gasteiger partial charge in [-0.2, -0.15) is 10.4 Å². The fourth-order valence-corrected chi connectivity index (χ4v) is 5.00. The van der Waals surface area contributed by atoms with Crippen LogP contribution in [0.3, 0.4) is 0 Å². The van der Waals surface area contributed by atoms with Gasteiger partial charge in [-0.3, -0.25) is 9.59 Å². The van der Waals surface area contributed by atoms with E-state index in [1.807, 2.05) is 35.4 Å². The summed E-state index contributed by atoms with van der Waals surface area (Å²) in [7, 11) is 1.63. The zero-order valence-electron chi connectivity index (χ0n) is 21.7.